The topological polar surface area (TPSA) is 46.3 Å². The summed E-state index contributed by atoms with van der Waals surface area (Å²) in [6.45, 7) is 2.16. The van der Waals surface area contributed by atoms with Gasteiger partial charge in [0.15, 0.2) is 11.5 Å². The summed E-state index contributed by atoms with van der Waals surface area (Å²) in [5.41, 5.74) is 2.48. The molecule has 1 saturated heterocycles. The first kappa shape index (κ1) is 11.4. The highest BCUT2D eigenvalue weighted by atomic mass is 16.5. The summed E-state index contributed by atoms with van der Waals surface area (Å²) in [5, 5.41) is 4.64. The number of methoxy groups -OCH3 is 2. The highest BCUT2D eigenvalue weighted by Crippen LogP contribution is 2.36. The third kappa shape index (κ3) is 1.73. The lowest BCUT2D eigenvalue weighted by Crippen LogP contribution is -2.07. The Kier molecular flexibility index (Phi) is 2.88. The van der Waals surface area contributed by atoms with E-state index in [1.54, 1.807) is 14.2 Å². The lowest BCUT2D eigenvalue weighted by molar-refractivity contribution is 0.356. The smallest absolute Gasteiger partial charge is 0.162 e. The Hall–Kier alpha value is -1.68. The van der Waals surface area contributed by atoms with E-state index in [2.05, 4.69) is 22.6 Å². The fourth-order valence-electron chi connectivity index (χ4n) is 2.73. The van der Waals surface area contributed by atoms with Gasteiger partial charge in [-0.2, -0.15) is 0 Å². The van der Waals surface area contributed by atoms with E-state index in [0.717, 1.165) is 30.1 Å². The van der Waals surface area contributed by atoms with E-state index in [1.165, 1.54) is 17.4 Å². The number of aromatic nitrogens is 1. The maximum atomic E-state index is 5.38. The molecule has 1 unspecified atom stereocenters. The van der Waals surface area contributed by atoms with Gasteiger partial charge in [0.25, 0.3) is 0 Å². The molecule has 4 heteroatoms. The van der Waals surface area contributed by atoms with Crippen LogP contribution in [0.3, 0.4) is 0 Å². The minimum atomic E-state index is 0.594. The Morgan fingerprint density at radius 2 is 1.94 bits per heavy atom. The second-order valence-corrected chi connectivity index (χ2v) is 4.69. The standard InChI is InChI=1S/C14H18N2O2/c1-17-13-5-10-11(9-3-4-15-7-9)8-16-12(10)6-14(13)18-2/h5-6,8-9,15-16H,3-4,7H2,1-2H3. The third-order valence-corrected chi connectivity index (χ3v) is 3.72. The Morgan fingerprint density at radius 1 is 1.17 bits per heavy atom. The number of hydrogen-bond donors (Lipinski definition) is 2. The molecule has 3 rings (SSSR count). The molecule has 1 aliphatic heterocycles. The van der Waals surface area contributed by atoms with E-state index < -0.39 is 0 Å². The molecule has 1 aromatic heterocycles. The lowest BCUT2D eigenvalue weighted by Gasteiger charge is -2.10. The first-order valence-electron chi connectivity index (χ1n) is 6.27. The van der Waals surface area contributed by atoms with Gasteiger partial charge in [0, 0.05) is 29.7 Å². The fourth-order valence-corrected chi connectivity index (χ4v) is 2.73. The molecular weight excluding hydrogens is 228 g/mol. The summed E-state index contributed by atoms with van der Waals surface area (Å²) in [6, 6.07) is 4.07. The van der Waals surface area contributed by atoms with Crippen LogP contribution in [0.1, 0.15) is 17.9 Å². The van der Waals surface area contributed by atoms with Crippen LogP contribution in [0.25, 0.3) is 10.9 Å². The van der Waals surface area contributed by atoms with Gasteiger partial charge in [0.1, 0.15) is 0 Å². The predicted molar refractivity (Wildman–Crippen MR) is 71.6 cm³/mol. The van der Waals surface area contributed by atoms with Crippen LogP contribution in [0.4, 0.5) is 0 Å². The van der Waals surface area contributed by atoms with Crippen molar-refractivity contribution >= 4 is 10.9 Å². The molecule has 0 aliphatic carbocycles. The van der Waals surface area contributed by atoms with Gasteiger partial charge in [0.05, 0.1) is 14.2 Å². The van der Waals surface area contributed by atoms with Crippen molar-refractivity contribution in [3.05, 3.63) is 23.9 Å². The number of fused-ring (bicyclic) bond motifs is 1. The van der Waals surface area contributed by atoms with Crippen molar-refractivity contribution in [2.45, 2.75) is 12.3 Å². The summed E-state index contributed by atoms with van der Waals surface area (Å²) < 4.78 is 10.7. The molecule has 2 aromatic rings. The SMILES string of the molecule is COc1cc2[nH]cc(C3CCNC3)c2cc1OC. The molecule has 0 saturated carbocycles. The average Bonchev–Trinajstić information content (AvgIpc) is 3.05. The van der Waals surface area contributed by atoms with Crippen molar-refractivity contribution in [2.75, 3.05) is 27.3 Å². The number of rotatable bonds is 3. The highest BCUT2D eigenvalue weighted by Gasteiger charge is 2.20. The first-order valence-corrected chi connectivity index (χ1v) is 6.27. The summed E-state index contributed by atoms with van der Waals surface area (Å²) in [4.78, 5) is 3.33. The molecule has 96 valence electrons. The van der Waals surface area contributed by atoms with E-state index in [0.29, 0.717) is 5.92 Å². The van der Waals surface area contributed by atoms with Crippen LogP contribution in [0.2, 0.25) is 0 Å². The van der Waals surface area contributed by atoms with Crippen LogP contribution >= 0.6 is 0 Å². The second kappa shape index (κ2) is 4.53. The molecule has 18 heavy (non-hydrogen) atoms. The zero-order chi connectivity index (χ0) is 12.5. The summed E-state index contributed by atoms with van der Waals surface area (Å²) in [7, 11) is 3.33. The van der Waals surface area contributed by atoms with Gasteiger partial charge in [0.2, 0.25) is 0 Å². The van der Waals surface area contributed by atoms with Crippen molar-refractivity contribution in [1.82, 2.24) is 10.3 Å². The molecule has 0 bridgehead atoms. The van der Waals surface area contributed by atoms with Crippen LogP contribution in [0.5, 0.6) is 11.5 Å². The van der Waals surface area contributed by atoms with Crippen molar-refractivity contribution in [2.24, 2.45) is 0 Å². The molecule has 2 heterocycles. The molecule has 1 aromatic carbocycles. The molecule has 1 fully saturated rings. The van der Waals surface area contributed by atoms with Gasteiger partial charge in [-0.25, -0.2) is 0 Å². The molecule has 2 N–H and O–H groups in total. The number of ether oxygens (including phenoxy) is 2. The molecule has 1 aliphatic rings. The summed E-state index contributed by atoms with van der Waals surface area (Å²) >= 11 is 0. The van der Waals surface area contributed by atoms with E-state index >= 15 is 0 Å². The molecule has 1 atom stereocenters. The second-order valence-electron chi connectivity index (χ2n) is 4.69. The number of benzene rings is 1. The van der Waals surface area contributed by atoms with E-state index in [-0.39, 0.29) is 0 Å². The van der Waals surface area contributed by atoms with Crippen molar-refractivity contribution < 1.29 is 9.47 Å². The molecule has 0 radical (unpaired) electrons. The maximum absolute atomic E-state index is 5.38. The number of nitrogens with one attached hydrogen (secondary N) is 2. The Morgan fingerprint density at radius 3 is 2.61 bits per heavy atom. The monoisotopic (exact) mass is 246 g/mol. The zero-order valence-corrected chi connectivity index (χ0v) is 10.7. The summed E-state index contributed by atoms with van der Waals surface area (Å²) in [6.07, 6.45) is 3.31. The third-order valence-electron chi connectivity index (χ3n) is 3.72. The van der Waals surface area contributed by atoms with Crippen molar-refractivity contribution in [3.63, 3.8) is 0 Å². The number of aromatic amines is 1. The van der Waals surface area contributed by atoms with Gasteiger partial charge < -0.3 is 19.8 Å². The van der Waals surface area contributed by atoms with Crippen LogP contribution in [-0.4, -0.2) is 32.3 Å². The van der Waals surface area contributed by atoms with Crippen LogP contribution < -0.4 is 14.8 Å². The fraction of sp³-hybridized carbons (Fsp3) is 0.429. The molecule has 4 nitrogen and oxygen atoms in total. The first-order chi connectivity index (χ1) is 8.83. The Labute approximate surface area is 106 Å². The average molecular weight is 246 g/mol. The van der Waals surface area contributed by atoms with E-state index in [4.69, 9.17) is 9.47 Å². The molecule has 0 amide bonds. The maximum Gasteiger partial charge on any atom is 0.162 e. The molecule has 0 spiro atoms. The lowest BCUT2D eigenvalue weighted by atomic mass is 9.98. The number of hydrogen-bond acceptors (Lipinski definition) is 3. The van der Waals surface area contributed by atoms with Gasteiger partial charge in [-0.05, 0) is 30.5 Å². The Bertz CT molecular complexity index is 556. The van der Waals surface area contributed by atoms with Crippen LogP contribution in [-0.2, 0) is 0 Å². The van der Waals surface area contributed by atoms with Crippen LogP contribution in [0, 0.1) is 0 Å². The predicted octanol–water partition coefficient (Wildman–Crippen LogP) is 2.26. The zero-order valence-electron chi connectivity index (χ0n) is 10.7. The van der Waals surface area contributed by atoms with Gasteiger partial charge in [-0.15, -0.1) is 0 Å². The Balaban J connectivity index is 2.11. The van der Waals surface area contributed by atoms with Gasteiger partial charge >= 0.3 is 0 Å². The van der Waals surface area contributed by atoms with E-state index in [1.807, 2.05) is 6.07 Å². The van der Waals surface area contributed by atoms with Crippen molar-refractivity contribution in [1.29, 1.82) is 0 Å². The quantitative estimate of drug-likeness (QED) is 0.873. The van der Waals surface area contributed by atoms with E-state index in [9.17, 15) is 0 Å². The van der Waals surface area contributed by atoms with Crippen molar-refractivity contribution in [3.8, 4) is 11.5 Å². The largest absolute Gasteiger partial charge is 0.493 e. The number of H-pyrrole nitrogens is 1. The van der Waals surface area contributed by atoms with Crippen LogP contribution in [0.15, 0.2) is 18.3 Å². The highest BCUT2D eigenvalue weighted by molar-refractivity contribution is 5.87. The van der Waals surface area contributed by atoms with Gasteiger partial charge in [-0.3, -0.25) is 0 Å². The minimum absolute atomic E-state index is 0.594. The minimum Gasteiger partial charge on any atom is -0.493 e. The molecular formula is C14H18N2O2. The normalized spacial score (nSPS) is 19.3. The summed E-state index contributed by atoms with van der Waals surface area (Å²) in [5.74, 6) is 2.15. The van der Waals surface area contributed by atoms with Gasteiger partial charge in [-0.1, -0.05) is 0 Å².